The Balaban J connectivity index is 1.67. The molecule has 0 aliphatic rings. The van der Waals surface area contributed by atoms with Crippen molar-refractivity contribution in [2.24, 2.45) is 0 Å². The second kappa shape index (κ2) is 8.99. The minimum Gasteiger partial charge on any atom is -0.284 e. The van der Waals surface area contributed by atoms with E-state index in [1.165, 1.54) is 17.6 Å². The highest BCUT2D eigenvalue weighted by Crippen LogP contribution is 2.30. The maximum absolute atomic E-state index is 13.5. The van der Waals surface area contributed by atoms with Crippen molar-refractivity contribution in [3.05, 3.63) is 95.6 Å². The molecule has 158 valence electrons. The van der Waals surface area contributed by atoms with Crippen molar-refractivity contribution in [3.8, 4) is 0 Å². The van der Waals surface area contributed by atoms with E-state index in [4.69, 9.17) is 0 Å². The van der Waals surface area contributed by atoms with Crippen molar-refractivity contribution in [2.45, 2.75) is 12.2 Å². The van der Waals surface area contributed by atoms with Crippen LogP contribution in [-0.2, 0) is 22.0 Å². The van der Waals surface area contributed by atoms with Gasteiger partial charge in [0, 0.05) is 18.4 Å². The van der Waals surface area contributed by atoms with E-state index >= 15 is 0 Å². The molecule has 4 aromatic rings. The number of benzene rings is 3. The zero-order chi connectivity index (χ0) is 21.8. The quantitative estimate of drug-likeness (QED) is 0.408. The van der Waals surface area contributed by atoms with E-state index in [2.05, 4.69) is 4.98 Å². The Kier molecular flexibility index (Phi) is 6.15. The number of hydrogen-bond donors (Lipinski definition) is 0. The summed E-state index contributed by atoms with van der Waals surface area (Å²) in [5.41, 5.74) is 3.03. The number of carbonyl (C=O) groups is 1. The molecular weight excluding hydrogens is 428 g/mol. The number of fused-ring (bicyclic) bond motifs is 1. The van der Waals surface area contributed by atoms with Crippen molar-refractivity contribution >= 4 is 42.4 Å². The molecule has 0 unspecified atom stereocenters. The highest BCUT2D eigenvalue weighted by Gasteiger charge is 2.22. The summed E-state index contributed by atoms with van der Waals surface area (Å²) in [5.74, 6) is -0.287. The molecule has 0 atom stereocenters. The fourth-order valence-electron chi connectivity index (χ4n) is 3.40. The van der Waals surface area contributed by atoms with Gasteiger partial charge in [-0.3, -0.25) is 9.69 Å². The predicted octanol–water partition coefficient (Wildman–Crippen LogP) is 4.73. The summed E-state index contributed by atoms with van der Waals surface area (Å²) >= 11 is 1.48. The molecule has 0 radical (unpaired) electrons. The van der Waals surface area contributed by atoms with Gasteiger partial charge in [0.15, 0.2) is 15.0 Å². The molecule has 3 aromatic carbocycles. The number of sulfone groups is 1. The second-order valence-corrected chi connectivity index (χ2v) is 10.6. The maximum atomic E-state index is 13.5. The molecular formula is C24H22N2O3S2. The summed E-state index contributed by atoms with van der Waals surface area (Å²) in [6.45, 7) is 0.471. The predicted molar refractivity (Wildman–Crippen MR) is 126 cm³/mol. The lowest BCUT2D eigenvalue weighted by Gasteiger charge is -2.20. The number of nitrogens with zero attached hydrogens (tertiary/aromatic N) is 2. The van der Waals surface area contributed by atoms with Gasteiger partial charge < -0.3 is 0 Å². The molecule has 5 nitrogen and oxygen atoms in total. The molecule has 0 saturated heterocycles. The van der Waals surface area contributed by atoms with E-state index in [0.29, 0.717) is 29.2 Å². The summed E-state index contributed by atoms with van der Waals surface area (Å²) in [7, 11) is -3.19. The third kappa shape index (κ3) is 5.37. The number of aromatic nitrogens is 1. The van der Waals surface area contributed by atoms with Gasteiger partial charge in [-0.1, -0.05) is 65.9 Å². The number of carbonyl (C=O) groups excluding carboxylic acids is 1. The Labute approximate surface area is 185 Å². The third-order valence-corrected chi connectivity index (χ3v) is 6.75. The highest BCUT2D eigenvalue weighted by atomic mass is 32.2. The summed E-state index contributed by atoms with van der Waals surface area (Å²) < 4.78 is 24.4. The van der Waals surface area contributed by atoms with E-state index in [1.807, 2.05) is 54.6 Å². The van der Waals surface area contributed by atoms with Gasteiger partial charge in [0.2, 0.25) is 0 Å². The first-order valence-electron chi connectivity index (χ1n) is 9.87. The molecule has 0 saturated carbocycles. The zero-order valence-electron chi connectivity index (χ0n) is 17.1. The van der Waals surface area contributed by atoms with Crippen LogP contribution >= 0.6 is 11.3 Å². The molecule has 1 amide bonds. The Bertz CT molecular complexity index is 1280. The van der Waals surface area contributed by atoms with Crippen LogP contribution in [0.25, 0.3) is 10.2 Å². The molecule has 0 spiro atoms. The van der Waals surface area contributed by atoms with Crippen molar-refractivity contribution in [1.82, 2.24) is 4.98 Å². The second-order valence-electron chi connectivity index (χ2n) is 7.43. The van der Waals surface area contributed by atoms with E-state index in [1.54, 1.807) is 29.2 Å². The minimum absolute atomic E-state index is 0.0979. The van der Waals surface area contributed by atoms with Crippen LogP contribution in [0.3, 0.4) is 0 Å². The minimum atomic E-state index is -3.19. The Morgan fingerprint density at radius 2 is 1.65 bits per heavy atom. The lowest BCUT2D eigenvalue weighted by Crippen LogP contribution is -2.33. The lowest BCUT2D eigenvalue weighted by molar-refractivity contribution is 0.0987. The van der Waals surface area contributed by atoms with E-state index in [0.717, 1.165) is 15.8 Å². The van der Waals surface area contributed by atoms with Gasteiger partial charge in [0.25, 0.3) is 5.91 Å². The van der Waals surface area contributed by atoms with Gasteiger partial charge in [-0.15, -0.1) is 0 Å². The first kappa shape index (κ1) is 21.2. The Morgan fingerprint density at radius 3 is 2.39 bits per heavy atom. The van der Waals surface area contributed by atoms with Gasteiger partial charge in [-0.2, -0.15) is 0 Å². The van der Waals surface area contributed by atoms with Gasteiger partial charge in [-0.05, 0) is 41.8 Å². The van der Waals surface area contributed by atoms with Gasteiger partial charge in [-0.25, -0.2) is 13.4 Å². The van der Waals surface area contributed by atoms with Crippen LogP contribution in [0.4, 0.5) is 5.13 Å². The largest absolute Gasteiger partial charge is 0.284 e. The van der Waals surface area contributed by atoms with Crippen LogP contribution in [0, 0.1) is 0 Å². The zero-order valence-corrected chi connectivity index (χ0v) is 18.7. The van der Waals surface area contributed by atoms with Crippen LogP contribution in [0.5, 0.6) is 0 Å². The van der Waals surface area contributed by atoms with Crippen LogP contribution < -0.4 is 4.90 Å². The normalized spacial score (nSPS) is 11.5. The number of para-hydroxylation sites is 1. The number of thiazole rings is 1. The monoisotopic (exact) mass is 450 g/mol. The number of hydrogen-bond acceptors (Lipinski definition) is 5. The molecule has 0 aliphatic heterocycles. The van der Waals surface area contributed by atoms with Crippen LogP contribution in [-0.4, -0.2) is 32.1 Å². The van der Waals surface area contributed by atoms with Crippen molar-refractivity contribution in [3.63, 3.8) is 0 Å². The SMILES string of the molecule is CS(=O)(=O)Cc1cccc(C(=O)N(CCc2ccccc2)c2nc3ccccc3s2)c1. The van der Waals surface area contributed by atoms with E-state index in [-0.39, 0.29) is 11.7 Å². The average Bonchev–Trinajstić information content (AvgIpc) is 3.17. The van der Waals surface area contributed by atoms with Gasteiger partial charge >= 0.3 is 0 Å². The molecule has 0 N–H and O–H groups in total. The number of anilines is 1. The molecule has 0 fully saturated rings. The fourth-order valence-corrected chi connectivity index (χ4v) is 5.17. The first-order chi connectivity index (χ1) is 14.9. The maximum Gasteiger partial charge on any atom is 0.260 e. The van der Waals surface area contributed by atoms with E-state index < -0.39 is 9.84 Å². The van der Waals surface area contributed by atoms with Crippen LogP contribution in [0.2, 0.25) is 0 Å². The van der Waals surface area contributed by atoms with Crippen molar-refractivity contribution in [2.75, 3.05) is 17.7 Å². The summed E-state index contributed by atoms with van der Waals surface area (Å²) in [6.07, 6.45) is 1.88. The molecule has 1 aromatic heterocycles. The summed E-state index contributed by atoms with van der Waals surface area (Å²) in [4.78, 5) is 19.9. The average molecular weight is 451 g/mol. The topological polar surface area (TPSA) is 67.3 Å². The van der Waals surface area contributed by atoms with Crippen LogP contribution in [0.15, 0.2) is 78.9 Å². The van der Waals surface area contributed by atoms with Crippen molar-refractivity contribution in [1.29, 1.82) is 0 Å². The van der Waals surface area contributed by atoms with E-state index in [9.17, 15) is 13.2 Å². The van der Waals surface area contributed by atoms with Gasteiger partial charge in [0.05, 0.1) is 16.0 Å². The lowest BCUT2D eigenvalue weighted by atomic mass is 10.1. The number of rotatable bonds is 7. The first-order valence-corrected chi connectivity index (χ1v) is 12.7. The van der Waals surface area contributed by atoms with Gasteiger partial charge in [0.1, 0.15) is 0 Å². The molecule has 1 heterocycles. The third-order valence-electron chi connectivity index (χ3n) is 4.83. The highest BCUT2D eigenvalue weighted by molar-refractivity contribution is 7.89. The smallest absolute Gasteiger partial charge is 0.260 e. The molecule has 31 heavy (non-hydrogen) atoms. The molecule has 0 aliphatic carbocycles. The fraction of sp³-hybridized carbons (Fsp3) is 0.167. The molecule has 0 bridgehead atoms. The molecule has 7 heteroatoms. The van der Waals surface area contributed by atoms with Crippen molar-refractivity contribution < 1.29 is 13.2 Å². The Hall–Kier alpha value is -3.03. The summed E-state index contributed by atoms with van der Waals surface area (Å²) in [5, 5.41) is 0.635. The summed E-state index contributed by atoms with van der Waals surface area (Å²) in [6, 6.07) is 24.6. The molecule has 4 rings (SSSR count). The standard InChI is InChI=1S/C24H22N2O3S2/c1-31(28,29)17-19-10-7-11-20(16-19)23(27)26(15-14-18-8-3-2-4-9-18)24-25-21-12-5-6-13-22(21)30-24/h2-13,16H,14-15,17H2,1H3. The Morgan fingerprint density at radius 1 is 0.935 bits per heavy atom. The number of amides is 1. The van der Waals surface area contributed by atoms with Crippen LogP contribution in [0.1, 0.15) is 21.5 Å².